The van der Waals surface area contributed by atoms with Crippen LogP contribution in [0.1, 0.15) is 30.5 Å². The molecule has 0 bridgehead atoms. The van der Waals surface area contributed by atoms with Gasteiger partial charge in [-0.25, -0.2) is 0 Å². The Labute approximate surface area is 75.6 Å². The first-order valence-corrected chi connectivity index (χ1v) is 4.78. The highest BCUT2D eigenvalue weighted by atomic mass is 14.6. The molecule has 1 rings (SSSR count). The van der Waals surface area contributed by atoms with E-state index in [4.69, 9.17) is 0 Å². The van der Waals surface area contributed by atoms with E-state index in [1.165, 1.54) is 16.7 Å². The van der Waals surface area contributed by atoms with E-state index < -0.39 is 0 Å². The van der Waals surface area contributed by atoms with Gasteiger partial charge in [0.25, 0.3) is 0 Å². The molecule has 12 heavy (non-hydrogen) atoms. The van der Waals surface area contributed by atoms with Gasteiger partial charge >= 0.3 is 0 Å². The van der Waals surface area contributed by atoms with E-state index in [9.17, 15) is 0 Å². The number of hydrogen-bond acceptors (Lipinski definition) is 1. The zero-order valence-corrected chi connectivity index (χ0v) is 8.22. The summed E-state index contributed by atoms with van der Waals surface area (Å²) < 4.78 is 0. The Hall–Kier alpha value is -0.785. The molecule has 0 saturated heterocycles. The maximum atomic E-state index is 4.23. The van der Waals surface area contributed by atoms with Gasteiger partial charge in [-0.3, -0.25) is 4.98 Å². The molecule has 0 N–H and O–H groups in total. The van der Waals surface area contributed by atoms with E-state index in [0.29, 0.717) is 0 Å². The minimum Gasteiger partial charge on any atom is -0.264 e. The zero-order valence-electron chi connectivity index (χ0n) is 8.22. The second-order valence-electron chi connectivity index (χ2n) is 3.00. The Bertz CT molecular complexity index is 236. The normalized spacial score (nSPS) is 10.2. The molecule has 0 aromatic carbocycles. The fraction of sp³-hybridized carbons (Fsp3) is 0.500. The van der Waals surface area contributed by atoms with Gasteiger partial charge in [-0.05, 0) is 29.5 Å². The lowest BCUT2D eigenvalue weighted by molar-refractivity contribution is 0.998. The summed E-state index contributed by atoms with van der Waals surface area (Å²) in [4.78, 5) is 4.23. The predicted octanol–water partition coefficient (Wildman–Crippen LogP) is 1.34. The molecule has 0 saturated carbocycles. The minimum atomic E-state index is 1.10. The van der Waals surface area contributed by atoms with Crippen LogP contribution in [0.3, 0.4) is 0 Å². The van der Waals surface area contributed by atoms with Crippen molar-refractivity contribution in [3.8, 4) is 0 Å². The average Bonchev–Trinajstić information content (AvgIpc) is 2.16. The molecule has 1 aromatic rings. The van der Waals surface area contributed by atoms with Crippen LogP contribution in [0.4, 0.5) is 0 Å². The van der Waals surface area contributed by atoms with Crippen molar-refractivity contribution in [2.75, 3.05) is 0 Å². The fourth-order valence-electron chi connectivity index (χ4n) is 1.64. The van der Waals surface area contributed by atoms with Gasteiger partial charge in [-0.15, -0.1) is 0 Å². The first kappa shape index (κ1) is 9.30. The van der Waals surface area contributed by atoms with Crippen LogP contribution in [0.2, 0.25) is 0 Å². The molecule has 0 spiro atoms. The lowest BCUT2D eigenvalue weighted by atomic mass is 9.89. The van der Waals surface area contributed by atoms with E-state index in [1.807, 2.05) is 12.4 Å². The van der Waals surface area contributed by atoms with Crippen molar-refractivity contribution in [2.45, 2.75) is 33.0 Å². The number of pyridine rings is 1. The standard InChI is InChI=1S/C10H16BN/c1-3-8-6-12-7-9(4-2)10(8)5-11/h6-7H,3-5,11H2,1-2H3. The van der Waals surface area contributed by atoms with Gasteiger partial charge in [0.2, 0.25) is 0 Å². The Balaban J connectivity index is 3.13. The summed E-state index contributed by atoms with van der Waals surface area (Å²) in [6.07, 6.45) is 7.33. The van der Waals surface area contributed by atoms with E-state index in [0.717, 1.165) is 19.2 Å². The van der Waals surface area contributed by atoms with Crippen LogP contribution in [-0.4, -0.2) is 12.8 Å². The first-order valence-electron chi connectivity index (χ1n) is 4.78. The second-order valence-corrected chi connectivity index (χ2v) is 3.00. The van der Waals surface area contributed by atoms with Crippen LogP contribution in [0.25, 0.3) is 0 Å². The third-order valence-electron chi connectivity index (χ3n) is 2.35. The van der Waals surface area contributed by atoms with Crippen LogP contribution in [0.15, 0.2) is 12.4 Å². The highest BCUT2D eigenvalue weighted by Gasteiger charge is 2.03. The summed E-state index contributed by atoms with van der Waals surface area (Å²) in [6.45, 7) is 4.38. The Morgan fingerprint density at radius 2 is 1.67 bits per heavy atom. The molecule has 1 aromatic heterocycles. The largest absolute Gasteiger partial charge is 0.264 e. The molecule has 0 aliphatic rings. The molecule has 0 radical (unpaired) electrons. The van der Waals surface area contributed by atoms with Crippen LogP contribution in [-0.2, 0) is 19.2 Å². The van der Waals surface area contributed by atoms with Crippen LogP contribution < -0.4 is 0 Å². The van der Waals surface area contributed by atoms with Gasteiger partial charge in [-0.1, -0.05) is 20.2 Å². The first-order chi connectivity index (χ1) is 5.83. The Morgan fingerprint density at radius 3 is 2.00 bits per heavy atom. The Morgan fingerprint density at radius 1 is 1.17 bits per heavy atom. The summed E-state index contributed by atoms with van der Waals surface area (Å²) in [7, 11) is 2.22. The fourth-order valence-corrected chi connectivity index (χ4v) is 1.64. The van der Waals surface area contributed by atoms with Gasteiger partial charge in [0, 0.05) is 12.4 Å². The molecule has 0 aliphatic heterocycles. The third-order valence-corrected chi connectivity index (χ3v) is 2.35. The molecule has 0 fully saturated rings. The van der Waals surface area contributed by atoms with Crippen molar-refractivity contribution in [3.63, 3.8) is 0 Å². The monoisotopic (exact) mass is 161 g/mol. The smallest absolute Gasteiger partial charge is 0.107 e. The number of rotatable bonds is 3. The van der Waals surface area contributed by atoms with Crippen molar-refractivity contribution in [1.82, 2.24) is 4.98 Å². The van der Waals surface area contributed by atoms with Crippen molar-refractivity contribution in [2.24, 2.45) is 0 Å². The number of aromatic nitrogens is 1. The van der Waals surface area contributed by atoms with E-state index in [-0.39, 0.29) is 0 Å². The van der Waals surface area contributed by atoms with Gasteiger partial charge in [0.1, 0.15) is 7.85 Å². The van der Waals surface area contributed by atoms with Gasteiger partial charge in [0.15, 0.2) is 0 Å². The molecule has 0 unspecified atom stereocenters. The van der Waals surface area contributed by atoms with Crippen molar-refractivity contribution in [1.29, 1.82) is 0 Å². The minimum absolute atomic E-state index is 1.10. The lowest BCUT2D eigenvalue weighted by Gasteiger charge is -2.09. The number of hydrogen-bond donors (Lipinski definition) is 0. The second kappa shape index (κ2) is 4.29. The maximum Gasteiger partial charge on any atom is 0.107 e. The molecule has 1 nitrogen and oxygen atoms in total. The molecule has 0 aliphatic carbocycles. The summed E-state index contributed by atoms with van der Waals surface area (Å²) in [6, 6.07) is 0. The molecule has 2 heteroatoms. The average molecular weight is 161 g/mol. The van der Waals surface area contributed by atoms with Crippen LogP contribution in [0, 0.1) is 0 Å². The van der Waals surface area contributed by atoms with E-state index >= 15 is 0 Å². The third kappa shape index (κ3) is 1.68. The zero-order chi connectivity index (χ0) is 8.97. The van der Waals surface area contributed by atoms with Crippen molar-refractivity contribution in [3.05, 3.63) is 29.1 Å². The quantitative estimate of drug-likeness (QED) is 0.609. The summed E-state index contributed by atoms with van der Waals surface area (Å²) in [5, 5.41) is 0. The van der Waals surface area contributed by atoms with E-state index in [1.54, 1.807) is 0 Å². The van der Waals surface area contributed by atoms with Crippen molar-refractivity contribution >= 4 is 7.85 Å². The lowest BCUT2D eigenvalue weighted by Crippen LogP contribution is -2.00. The van der Waals surface area contributed by atoms with E-state index in [2.05, 4.69) is 26.7 Å². The summed E-state index contributed by atoms with van der Waals surface area (Å²) >= 11 is 0. The maximum absolute atomic E-state index is 4.23. The number of aryl methyl sites for hydroxylation is 2. The molecule has 64 valence electrons. The summed E-state index contributed by atoms with van der Waals surface area (Å²) in [5.41, 5.74) is 4.34. The Kier molecular flexibility index (Phi) is 3.33. The molecular weight excluding hydrogens is 145 g/mol. The summed E-state index contributed by atoms with van der Waals surface area (Å²) in [5.74, 6) is 0. The van der Waals surface area contributed by atoms with Crippen molar-refractivity contribution < 1.29 is 0 Å². The SMILES string of the molecule is BCc1c(CC)cncc1CC. The topological polar surface area (TPSA) is 12.9 Å². The highest BCUT2D eigenvalue weighted by molar-refractivity contribution is 6.08. The van der Waals surface area contributed by atoms with Gasteiger partial charge in [0.05, 0.1) is 0 Å². The molecule has 1 heterocycles. The molecule has 0 amide bonds. The molecule has 0 atom stereocenters. The predicted molar refractivity (Wildman–Crippen MR) is 55.2 cm³/mol. The van der Waals surface area contributed by atoms with Gasteiger partial charge in [-0.2, -0.15) is 0 Å². The highest BCUT2D eigenvalue weighted by Crippen LogP contribution is 2.14. The van der Waals surface area contributed by atoms with Crippen LogP contribution >= 0.6 is 0 Å². The molecular formula is C10H16BN. The van der Waals surface area contributed by atoms with Crippen LogP contribution in [0.5, 0.6) is 0 Å². The van der Waals surface area contributed by atoms with Gasteiger partial charge < -0.3 is 0 Å². The number of nitrogens with zero attached hydrogens (tertiary/aromatic N) is 1.